The predicted octanol–water partition coefficient (Wildman–Crippen LogP) is 3.34. The molecule has 54 heavy (non-hydrogen) atoms. The van der Waals surface area contributed by atoms with E-state index in [0.717, 1.165) is 22.0 Å². The molecule has 1 aromatic heterocycles. The second-order valence-corrected chi connectivity index (χ2v) is 14.9. The first-order chi connectivity index (χ1) is 26.1. The highest BCUT2D eigenvalue weighted by Gasteiger charge is 2.47. The Bertz CT molecular complexity index is 2040. The van der Waals surface area contributed by atoms with Crippen molar-refractivity contribution in [2.75, 3.05) is 33.0 Å². The number of esters is 1. The van der Waals surface area contributed by atoms with Crippen LogP contribution in [-0.4, -0.2) is 93.3 Å². The number of allylic oxidation sites excluding steroid dienone is 3. The van der Waals surface area contributed by atoms with Gasteiger partial charge in [0.15, 0.2) is 6.29 Å². The van der Waals surface area contributed by atoms with E-state index in [1.165, 1.54) is 0 Å². The molecule has 1 aliphatic carbocycles. The Kier molecular flexibility index (Phi) is 10.7. The predicted molar refractivity (Wildman–Crippen MR) is 195 cm³/mol. The van der Waals surface area contributed by atoms with Crippen LogP contribution in [0, 0.1) is 11.8 Å². The number of H-pyrrole nitrogens is 1. The summed E-state index contributed by atoms with van der Waals surface area (Å²) in [5, 5.41) is 54.2. The van der Waals surface area contributed by atoms with E-state index in [0.29, 0.717) is 36.7 Å². The van der Waals surface area contributed by atoms with E-state index in [-0.39, 0.29) is 103 Å². The van der Waals surface area contributed by atoms with Gasteiger partial charge in [-0.2, -0.15) is 0 Å². The van der Waals surface area contributed by atoms with Crippen molar-refractivity contribution in [2.45, 2.75) is 83.0 Å². The SMILES string of the molecule is CCOC(=O)C1=C(C=O)/C2=C3\C[C@H](CO)C(=O)[C@H](C3)c3cc4cc[nH]c4cc3CC[C@@H](CO)COc3c4c(c(CO)c(c32)O1)O[C@H]([C@](C)(O)CCCO)C4. The number of aryl methyl sites for hydroxylation is 1. The van der Waals surface area contributed by atoms with Crippen molar-refractivity contribution < 1.29 is 58.9 Å². The largest absolute Gasteiger partial charge is 0.492 e. The molecule has 6 N–H and O–H groups in total. The Morgan fingerprint density at radius 1 is 1.09 bits per heavy atom. The number of benzene rings is 2. The zero-order valence-electron chi connectivity index (χ0n) is 30.5. The number of aliphatic hydroxyl groups is 5. The van der Waals surface area contributed by atoms with Crippen LogP contribution in [0.1, 0.15) is 79.7 Å². The summed E-state index contributed by atoms with van der Waals surface area (Å²) in [6, 6.07) is 5.92. The van der Waals surface area contributed by atoms with E-state index in [1.807, 2.05) is 24.4 Å². The molecule has 1 saturated carbocycles. The number of hydrogen-bond acceptors (Lipinski definition) is 12. The van der Waals surface area contributed by atoms with E-state index in [2.05, 4.69) is 4.98 Å². The highest BCUT2D eigenvalue weighted by atomic mass is 16.6. The third-order valence-corrected chi connectivity index (χ3v) is 11.4. The molecule has 288 valence electrons. The molecule has 13 nitrogen and oxygen atoms in total. The Morgan fingerprint density at radius 3 is 2.61 bits per heavy atom. The number of ether oxygens (including phenoxy) is 4. The number of carbonyl (C=O) groups is 3. The third-order valence-electron chi connectivity index (χ3n) is 11.4. The van der Waals surface area contributed by atoms with Crippen LogP contribution in [0.25, 0.3) is 16.5 Å². The fourth-order valence-electron chi connectivity index (χ4n) is 8.54. The summed E-state index contributed by atoms with van der Waals surface area (Å²) >= 11 is 0. The van der Waals surface area contributed by atoms with Crippen molar-refractivity contribution in [3.63, 3.8) is 0 Å². The van der Waals surface area contributed by atoms with Crippen molar-refractivity contribution in [1.29, 1.82) is 0 Å². The number of Topliss-reactive ketones (excluding diaryl/α,β-unsaturated/α-hetero) is 1. The zero-order chi connectivity index (χ0) is 38.3. The van der Waals surface area contributed by atoms with Gasteiger partial charge in [0.2, 0.25) is 5.76 Å². The lowest BCUT2D eigenvalue weighted by Gasteiger charge is -2.34. The van der Waals surface area contributed by atoms with Crippen molar-refractivity contribution in [3.8, 4) is 17.2 Å². The molecule has 5 atom stereocenters. The smallest absolute Gasteiger partial charge is 0.375 e. The number of aliphatic hydroxyl groups excluding tert-OH is 4. The highest BCUT2D eigenvalue weighted by Crippen LogP contribution is 2.57. The molecule has 13 heteroatoms. The first-order valence-electron chi connectivity index (χ1n) is 18.7. The number of aromatic nitrogens is 1. The minimum Gasteiger partial charge on any atom is -0.492 e. The quantitative estimate of drug-likeness (QED) is 0.131. The third kappa shape index (κ3) is 6.51. The number of ketones is 1. The summed E-state index contributed by atoms with van der Waals surface area (Å²) in [5.41, 5.74) is 2.82. The van der Waals surface area contributed by atoms with Crippen LogP contribution in [0.3, 0.4) is 0 Å². The molecule has 4 heterocycles. The zero-order valence-corrected chi connectivity index (χ0v) is 30.5. The number of carbonyl (C=O) groups excluding carboxylic acids is 3. The van der Waals surface area contributed by atoms with Gasteiger partial charge in [0.05, 0.1) is 48.7 Å². The van der Waals surface area contributed by atoms with Gasteiger partial charge in [0, 0.05) is 60.2 Å². The highest BCUT2D eigenvalue weighted by molar-refractivity contribution is 6.11. The van der Waals surface area contributed by atoms with E-state index >= 15 is 0 Å². The van der Waals surface area contributed by atoms with Crippen molar-refractivity contribution in [1.82, 2.24) is 4.98 Å². The van der Waals surface area contributed by atoms with Crippen LogP contribution >= 0.6 is 0 Å². The molecule has 0 saturated heterocycles. The summed E-state index contributed by atoms with van der Waals surface area (Å²) in [7, 11) is 0. The molecular weight excluding hydrogens is 698 g/mol. The molecule has 2 aromatic carbocycles. The number of aldehydes is 1. The fraction of sp³-hybridized carbons (Fsp3) is 0.488. The molecule has 7 rings (SSSR count). The molecule has 3 aliphatic heterocycles. The summed E-state index contributed by atoms with van der Waals surface area (Å²) < 4.78 is 24.7. The van der Waals surface area contributed by atoms with Crippen molar-refractivity contribution >= 4 is 34.5 Å². The fourth-order valence-corrected chi connectivity index (χ4v) is 8.54. The van der Waals surface area contributed by atoms with E-state index in [9.17, 15) is 39.9 Å². The average Bonchev–Trinajstić information content (AvgIpc) is 3.83. The second kappa shape index (κ2) is 15.3. The van der Waals surface area contributed by atoms with Crippen LogP contribution in [-0.2, 0) is 38.6 Å². The Balaban J connectivity index is 1.54. The van der Waals surface area contributed by atoms with Crippen LogP contribution in [0.5, 0.6) is 17.2 Å². The number of hydrogen-bond donors (Lipinski definition) is 6. The van der Waals surface area contributed by atoms with Gasteiger partial charge in [0.25, 0.3) is 0 Å². The lowest BCUT2D eigenvalue weighted by Crippen LogP contribution is -2.42. The Morgan fingerprint density at radius 2 is 1.91 bits per heavy atom. The van der Waals surface area contributed by atoms with E-state index < -0.39 is 48.5 Å². The second-order valence-electron chi connectivity index (χ2n) is 14.9. The maximum atomic E-state index is 14.3. The van der Waals surface area contributed by atoms with Gasteiger partial charge in [-0.15, -0.1) is 0 Å². The molecule has 3 aromatic rings. The summed E-state index contributed by atoms with van der Waals surface area (Å²) in [4.78, 5) is 44.4. The first kappa shape index (κ1) is 37.8. The lowest BCUT2D eigenvalue weighted by atomic mass is 9.70. The van der Waals surface area contributed by atoms with Crippen LogP contribution < -0.4 is 14.2 Å². The van der Waals surface area contributed by atoms with Gasteiger partial charge in [0.1, 0.15) is 29.1 Å². The molecular formula is C41H47NO12. The number of nitrogens with one attached hydrogen (secondary N) is 1. The topological polar surface area (TPSA) is 205 Å². The molecule has 2 bridgehead atoms. The standard InChI is InChI=1S/C41H47NO12/c1-3-51-40(49)39-29(18-46)33-24-11-25(17-45)35(48)27(13-24)26-12-23-7-9-42-31(23)14-22(26)6-5-21(16-44)20-52-37-28-15-32(41(2,50)8-4-10-43)53-36(28)30(19-47)38(54-39)34(33)37/h7,9,12,14,18,21,25,27,32,42-45,47,50H,3-6,8,10-11,13,15-17,19-20H2,1-2H3/b33-24-/t21-,25+,27+,32-,41+/m0/s1. The van der Waals surface area contributed by atoms with Gasteiger partial charge in [-0.3, -0.25) is 9.59 Å². The maximum Gasteiger partial charge on any atom is 0.375 e. The first-order valence-corrected chi connectivity index (χ1v) is 18.7. The maximum absolute atomic E-state index is 14.3. The van der Waals surface area contributed by atoms with Crippen LogP contribution in [0.4, 0.5) is 0 Å². The number of rotatable bonds is 10. The minimum absolute atomic E-state index is 0.00287. The summed E-state index contributed by atoms with van der Waals surface area (Å²) in [6.07, 6.45) is 3.35. The average molecular weight is 746 g/mol. The summed E-state index contributed by atoms with van der Waals surface area (Å²) in [5.74, 6) is -3.00. The normalized spacial score (nSPS) is 24.8. The minimum atomic E-state index is -1.41. The molecule has 0 spiro atoms. The summed E-state index contributed by atoms with van der Waals surface area (Å²) in [6.45, 7) is 1.79. The van der Waals surface area contributed by atoms with Gasteiger partial charge in [-0.25, -0.2) is 4.79 Å². The van der Waals surface area contributed by atoms with Gasteiger partial charge < -0.3 is 49.5 Å². The van der Waals surface area contributed by atoms with Crippen LogP contribution in [0.2, 0.25) is 0 Å². The van der Waals surface area contributed by atoms with Crippen LogP contribution in [0.15, 0.2) is 41.3 Å². The molecule has 4 aliphatic rings. The lowest BCUT2D eigenvalue weighted by molar-refractivity contribution is -0.141. The molecule has 1 fully saturated rings. The van der Waals surface area contributed by atoms with Gasteiger partial charge in [-0.1, -0.05) is 5.57 Å². The van der Waals surface area contributed by atoms with Gasteiger partial charge in [-0.05, 0) is 87.1 Å². The number of fused-ring (bicyclic) bond motifs is 7. The monoisotopic (exact) mass is 745 g/mol. The van der Waals surface area contributed by atoms with E-state index in [4.69, 9.17) is 18.9 Å². The molecule has 0 unspecified atom stereocenters. The Hall–Kier alpha value is -4.53. The van der Waals surface area contributed by atoms with Crippen molar-refractivity contribution in [3.05, 3.63) is 69.1 Å². The number of aromatic amines is 1. The molecule has 0 radical (unpaired) electrons. The Labute approximate surface area is 312 Å². The van der Waals surface area contributed by atoms with Gasteiger partial charge >= 0.3 is 5.97 Å². The van der Waals surface area contributed by atoms with E-state index in [1.54, 1.807) is 13.8 Å². The van der Waals surface area contributed by atoms with Crippen molar-refractivity contribution in [2.24, 2.45) is 11.8 Å². The molecule has 0 amide bonds.